The minimum Gasteiger partial charge on any atom is -0.405 e. The first-order chi connectivity index (χ1) is 4.81. The Kier molecular flexibility index (Phi) is 5.94. The number of nitrogens with two attached hydrogens (primary N) is 1. The van der Waals surface area contributed by atoms with E-state index >= 15 is 0 Å². The minimum atomic E-state index is 0.616. The molecule has 0 aliphatic heterocycles. The largest absolute Gasteiger partial charge is 0.405 e. The molecule has 2 N–H and O–H groups in total. The van der Waals surface area contributed by atoms with Crippen molar-refractivity contribution in [2.45, 2.75) is 26.2 Å². The second-order valence-corrected chi connectivity index (χ2v) is 2.58. The normalized spacial score (nSPS) is 13.7. The molecule has 58 valence electrons. The summed E-state index contributed by atoms with van der Waals surface area (Å²) in [6.07, 6.45) is 9.15. The molecular formula is C9H17N. The zero-order valence-corrected chi connectivity index (χ0v) is 6.72. The fourth-order valence-electron chi connectivity index (χ4n) is 0.870. The van der Waals surface area contributed by atoms with Crippen molar-refractivity contribution in [3.63, 3.8) is 0 Å². The van der Waals surface area contributed by atoms with Crippen LogP contribution in [0.2, 0.25) is 0 Å². The lowest BCUT2D eigenvalue weighted by Crippen LogP contribution is -1.90. The standard InChI is InChI=1S/C9H17N/c1-3-4-5-6-9(2)7-8-10/h3,7-9H,1,4-6,10H2,2H3/b8-7-. The Balaban J connectivity index is 3.20. The zero-order chi connectivity index (χ0) is 7.82. The molecular weight excluding hydrogens is 122 g/mol. The first-order valence-corrected chi connectivity index (χ1v) is 3.80. The van der Waals surface area contributed by atoms with E-state index in [0.29, 0.717) is 5.92 Å². The molecule has 0 aromatic carbocycles. The van der Waals surface area contributed by atoms with Crippen LogP contribution in [0, 0.1) is 5.92 Å². The van der Waals surface area contributed by atoms with Gasteiger partial charge in [-0.25, -0.2) is 0 Å². The molecule has 0 spiro atoms. The lowest BCUT2D eigenvalue weighted by atomic mass is 10.0. The van der Waals surface area contributed by atoms with Crippen LogP contribution in [0.1, 0.15) is 26.2 Å². The highest BCUT2D eigenvalue weighted by Gasteiger charge is 1.93. The van der Waals surface area contributed by atoms with Crippen LogP contribution in [0.5, 0.6) is 0 Å². The third kappa shape index (κ3) is 5.42. The van der Waals surface area contributed by atoms with Crippen LogP contribution in [0.25, 0.3) is 0 Å². The minimum absolute atomic E-state index is 0.616. The Morgan fingerprint density at radius 2 is 2.30 bits per heavy atom. The van der Waals surface area contributed by atoms with Crippen molar-refractivity contribution >= 4 is 0 Å². The van der Waals surface area contributed by atoms with E-state index in [0.717, 1.165) is 6.42 Å². The Labute approximate surface area is 63.6 Å². The van der Waals surface area contributed by atoms with Gasteiger partial charge in [0, 0.05) is 0 Å². The highest BCUT2D eigenvalue weighted by molar-refractivity contribution is 4.82. The Morgan fingerprint density at radius 1 is 1.60 bits per heavy atom. The maximum absolute atomic E-state index is 5.23. The molecule has 0 aliphatic carbocycles. The van der Waals surface area contributed by atoms with Gasteiger partial charge in [-0.3, -0.25) is 0 Å². The third-order valence-electron chi connectivity index (χ3n) is 1.51. The van der Waals surface area contributed by atoms with Crippen molar-refractivity contribution in [2.24, 2.45) is 11.7 Å². The van der Waals surface area contributed by atoms with Gasteiger partial charge in [-0.15, -0.1) is 6.58 Å². The summed E-state index contributed by atoms with van der Waals surface area (Å²) in [6, 6.07) is 0. The monoisotopic (exact) mass is 139 g/mol. The van der Waals surface area contributed by atoms with Gasteiger partial charge in [0.15, 0.2) is 0 Å². The average molecular weight is 139 g/mol. The molecule has 0 saturated carbocycles. The fourth-order valence-corrected chi connectivity index (χ4v) is 0.870. The molecule has 1 unspecified atom stereocenters. The topological polar surface area (TPSA) is 26.0 Å². The average Bonchev–Trinajstić information content (AvgIpc) is 1.89. The number of hydrogen-bond donors (Lipinski definition) is 1. The van der Waals surface area contributed by atoms with Gasteiger partial charge in [0.25, 0.3) is 0 Å². The number of rotatable bonds is 5. The first-order valence-electron chi connectivity index (χ1n) is 3.80. The molecule has 0 rings (SSSR count). The van der Waals surface area contributed by atoms with Crippen LogP contribution < -0.4 is 5.73 Å². The lowest BCUT2D eigenvalue weighted by molar-refractivity contribution is 0.611. The predicted octanol–water partition coefficient (Wildman–Crippen LogP) is 2.45. The van der Waals surface area contributed by atoms with E-state index in [1.165, 1.54) is 12.8 Å². The van der Waals surface area contributed by atoms with E-state index in [4.69, 9.17) is 5.73 Å². The Morgan fingerprint density at radius 3 is 2.80 bits per heavy atom. The van der Waals surface area contributed by atoms with Crippen molar-refractivity contribution in [1.29, 1.82) is 0 Å². The van der Waals surface area contributed by atoms with E-state index in [9.17, 15) is 0 Å². The summed E-state index contributed by atoms with van der Waals surface area (Å²) in [5.41, 5.74) is 5.23. The van der Waals surface area contributed by atoms with Crippen LogP contribution in [-0.4, -0.2) is 0 Å². The van der Waals surface area contributed by atoms with Crippen LogP contribution >= 0.6 is 0 Å². The van der Waals surface area contributed by atoms with Crippen molar-refractivity contribution in [3.8, 4) is 0 Å². The van der Waals surface area contributed by atoms with Crippen LogP contribution in [0.3, 0.4) is 0 Å². The summed E-state index contributed by atoms with van der Waals surface area (Å²) in [5, 5.41) is 0. The highest BCUT2D eigenvalue weighted by Crippen LogP contribution is 2.08. The molecule has 0 radical (unpaired) electrons. The van der Waals surface area contributed by atoms with E-state index in [-0.39, 0.29) is 0 Å². The van der Waals surface area contributed by atoms with E-state index in [2.05, 4.69) is 13.5 Å². The summed E-state index contributed by atoms with van der Waals surface area (Å²) in [6.45, 7) is 5.83. The number of hydrogen-bond acceptors (Lipinski definition) is 1. The van der Waals surface area contributed by atoms with Gasteiger partial charge in [-0.2, -0.15) is 0 Å². The van der Waals surface area contributed by atoms with Crippen molar-refractivity contribution < 1.29 is 0 Å². The molecule has 0 amide bonds. The molecule has 0 fully saturated rings. The summed E-state index contributed by atoms with van der Waals surface area (Å²) in [7, 11) is 0. The predicted molar refractivity (Wildman–Crippen MR) is 46.5 cm³/mol. The van der Waals surface area contributed by atoms with Crippen molar-refractivity contribution in [3.05, 3.63) is 24.9 Å². The smallest absolute Gasteiger partial charge is 0.0100 e. The van der Waals surface area contributed by atoms with Crippen LogP contribution in [-0.2, 0) is 0 Å². The molecule has 1 heteroatoms. The van der Waals surface area contributed by atoms with Gasteiger partial charge in [-0.1, -0.05) is 19.1 Å². The highest BCUT2D eigenvalue weighted by atomic mass is 14.5. The van der Waals surface area contributed by atoms with Crippen LogP contribution in [0.15, 0.2) is 24.9 Å². The van der Waals surface area contributed by atoms with E-state index in [1.54, 1.807) is 6.20 Å². The maximum atomic E-state index is 5.23. The second-order valence-electron chi connectivity index (χ2n) is 2.58. The van der Waals surface area contributed by atoms with Crippen LogP contribution in [0.4, 0.5) is 0 Å². The third-order valence-corrected chi connectivity index (χ3v) is 1.51. The maximum Gasteiger partial charge on any atom is -0.0100 e. The fraction of sp³-hybridized carbons (Fsp3) is 0.556. The molecule has 0 heterocycles. The number of allylic oxidation sites excluding steroid dienone is 2. The molecule has 1 atom stereocenters. The van der Waals surface area contributed by atoms with Crippen molar-refractivity contribution in [1.82, 2.24) is 0 Å². The van der Waals surface area contributed by atoms with Gasteiger partial charge in [0.1, 0.15) is 0 Å². The van der Waals surface area contributed by atoms with Gasteiger partial charge < -0.3 is 5.73 Å². The molecule has 0 bridgehead atoms. The number of unbranched alkanes of at least 4 members (excludes halogenated alkanes) is 1. The van der Waals surface area contributed by atoms with Gasteiger partial charge in [0.2, 0.25) is 0 Å². The lowest BCUT2D eigenvalue weighted by Gasteiger charge is -2.02. The quantitative estimate of drug-likeness (QED) is 0.459. The molecule has 0 aromatic rings. The molecule has 0 aliphatic rings. The molecule has 10 heavy (non-hydrogen) atoms. The Bertz CT molecular complexity index is 105. The summed E-state index contributed by atoms with van der Waals surface area (Å²) in [5.74, 6) is 0.616. The van der Waals surface area contributed by atoms with Gasteiger partial charge in [0.05, 0.1) is 0 Å². The van der Waals surface area contributed by atoms with E-state index < -0.39 is 0 Å². The second kappa shape index (κ2) is 6.40. The SMILES string of the molecule is C=CCCCC(C)/C=C\N. The summed E-state index contributed by atoms with van der Waals surface area (Å²) >= 11 is 0. The van der Waals surface area contributed by atoms with E-state index in [1.807, 2.05) is 12.2 Å². The van der Waals surface area contributed by atoms with Crippen molar-refractivity contribution in [2.75, 3.05) is 0 Å². The summed E-state index contributed by atoms with van der Waals surface area (Å²) in [4.78, 5) is 0. The zero-order valence-electron chi connectivity index (χ0n) is 6.72. The van der Waals surface area contributed by atoms with Gasteiger partial charge >= 0.3 is 0 Å². The Hall–Kier alpha value is -0.720. The molecule has 1 nitrogen and oxygen atoms in total. The molecule has 0 aromatic heterocycles. The first kappa shape index (κ1) is 9.28. The van der Waals surface area contributed by atoms with Gasteiger partial charge in [-0.05, 0) is 31.4 Å². The summed E-state index contributed by atoms with van der Waals surface area (Å²) < 4.78 is 0. The molecule has 0 saturated heterocycles.